The van der Waals surface area contributed by atoms with Crippen LogP contribution in [0.15, 0.2) is 16.4 Å². The first-order valence-electron chi connectivity index (χ1n) is 2.96. The van der Waals surface area contributed by atoms with Gasteiger partial charge in [0.05, 0.1) is 0 Å². The molecule has 0 saturated carbocycles. The second-order valence-electron chi connectivity index (χ2n) is 2.24. The van der Waals surface area contributed by atoms with Gasteiger partial charge in [0, 0.05) is 17.8 Å². The number of nitrogens with two attached hydrogens (primary N) is 2. The Hall–Kier alpha value is -1.32. The number of hydrogen-bond donors (Lipinski definition) is 2. The van der Waals surface area contributed by atoms with Crippen LogP contribution in [0.2, 0.25) is 0 Å². The molecule has 1 atom stereocenters. The zero-order valence-corrected chi connectivity index (χ0v) is 5.66. The van der Waals surface area contributed by atoms with E-state index in [0.717, 1.165) is 0 Å². The zero-order chi connectivity index (χ0) is 7.72. The van der Waals surface area contributed by atoms with Crippen LogP contribution >= 0.6 is 0 Å². The van der Waals surface area contributed by atoms with Crippen molar-refractivity contribution in [3.8, 4) is 0 Å². The van der Waals surface area contributed by atoms with E-state index in [1.165, 1.54) is 6.21 Å². The summed E-state index contributed by atoms with van der Waals surface area (Å²) in [5.74, 6) is -0.451. The number of dihydropyridines is 1. The van der Waals surface area contributed by atoms with Gasteiger partial charge < -0.3 is 11.5 Å². The van der Waals surface area contributed by atoms with Gasteiger partial charge in [-0.1, -0.05) is 6.92 Å². The number of allylic oxidation sites excluding steroid dienone is 1. The van der Waals surface area contributed by atoms with Crippen LogP contribution in [-0.4, -0.2) is 12.1 Å². The lowest BCUT2D eigenvalue weighted by Gasteiger charge is -2.12. The quantitative estimate of drug-likeness (QED) is 0.468. The van der Waals surface area contributed by atoms with Crippen molar-refractivity contribution in [3.63, 3.8) is 0 Å². The molecule has 0 aromatic heterocycles. The molecule has 0 fully saturated rings. The van der Waals surface area contributed by atoms with E-state index in [0.29, 0.717) is 5.70 Å². The Labute approximate surface area is 58.6 Å². The third-order valence-electron chi connectivity index (χ3n) is 1.45. The Balaban J connectivity index is 3.00. The molecule has 0 aliphatic carbocycles. The highest BCUT2D eigenvalue weighted by Crippen LogP contribution is 2.09. The lowest BCUT2D eigenvalue weighted by atomic mass is 10.1. The molecule has 4 nitrogen and oxygen atoms in total. The van der Waals surface area contributed by atoms with E-state index in [9.17, 15) is 4.79 Å². The molecule has 0 bridgehead atoms. The first-order chi connectivity index (χ1) is 4.63. The Morgan fingerprint density at radius 1 is 1.60 bits per heavy atom. The molecule has 0 saturated heterocycles. The molecule has 1 aliphatic heterocycles. The number of carbonyl (C=O) groups is 1. The number of carbonyl (C=O) groups excluding carboxylic acids is 1. The Kier molecular flexibility index (Phi) is 1.45. The molecular formula is C6H9N3O. The Bertz CT molecular complexity index is 229. The van der Waals surface area contributed by atoms with Gasteiger partial charge in [-0.25, -0.2) is 4.99 Å². The number of nitrogens with zero attached hydrogens (tertiary/aromatic N) is 1. The van der Waals surface area contributed by atoms with Crippen molar-refractivity contribution in [2.24, 2.45) is 22.4 Å². The second-order valence-corrected chi connectivity index (χ2v) is 2.24. The van der Waals surface area contributed by atoms with Gasteiger partial charge >= 0.3 is 0 Å². The predicted molar refractivity (Wildman–Crippen MR) is 38.1 cm³/mol. The topological polar surface area (TPSA) is 81.5 Å². The number of amides is 1. The fourth-order valence-electron chi connectivity index (χ4n) is 0.698. The van der Waals surface area contributed by atoms with Crippen molar-refractivity contribution in [1.82, 2.24) is 0 Å². The van der Waals surface area contributed by atoms with Crippen LogP contribution in [0.4, 0.5) is 0 Å². The SMILES string of the molecule is CC1C=NC(=O)C(N)=C1N. The van der Waals surface area contributed by atoms with Crippen molar-refractivity contribution in [2.75, 3.05) is 0 Å². The summed E-state index contributed by atoms with van der Waals surface area (Å²) in [7, 11) is 0. The van der Waals surface area contributed by atoms with Crippen LogP contribution in [0, 0.1) is 5.92 Å². The largest absolute Gasteiger partial charge is 0.400 e. The van der Waals surface area contributed by atoms with E-state index in [-0.39, 0.29) is 11.6 Å². The summed E-state index contributed by atoms with van der Waals surface area (Å²) < 4.78 is 0. The third kappa shape index (κ3) is 0.877. The lowest BCUT2D eigenvalue weighted by Crippen LogP contribution is -2.26. The van der Waals surface area contributed by atoms with Gasteiger partial charge in [0.2, 0.25) is 0 Å². The third-order valence-corrected chi connectivity index (χ3v) is 1.45. The summed E-state index contributed by atoms with van der Waals surface area (Å²) in [5.41, 5.74) is 11.3. The van der Waals surface area contributed by atoms with E-state index in [1.54, 1.807) is 0 Å². The lowest BCUT2D eigenvalue weighted by molar-refractivity contribution is -0.114. The van der Waals surface area contributed by atoms with Crippen molar-refractivity contribution < 1.29 is 4.79 Å². The summed E-state index contributed by atoms with van der Waals surface area (Å²) >= 11 is 0. The van der Waals surface area contributed by atoms with Gasteiger partial charge in [0.15, 0.2) is 0 Å². The Morgan fingerprint density at radius 3 is 2.70 bits per heavy atom. The minimum atomic E-state index is -0.435. The first kappa shape index (κ1) is 6.80. The van der Waals surface area contributed by atoms with Crippen LogP contribution in [0.25, 0.3) is 0 Å². The average Bonchev–Trinajstić information content (AvgIpc) is 1.93. The van der Waals surface area contributed by atoms with Crippen molar-refractivity contribution in [3.05, 3.63) is 11.4 Å². The predicted octanol–water partition coefficient (Wildman–Crippen LogP) is -0.637. The monoisotopic (exact) mass is 139 g/mol. The highest BCUT2D eigenvalue weighted by molar-refractivity contribution is 6.01. The highest BCUT2D eigenvalue weighted by Gasteiger charge is 2.17. The standard InChI is InChI=1S/C6H9N3O/c1-3-2-9-6(10)5(8)4(3)7/h2-3H,7-8H2,1H3. The normalized spacial score (nSPS) is 25.7. The van der Waals surface area contributed by atoms with Crippen LogP contribution in [-0.2, 0) is 4.79 Å². The molecule has 0 aromatic carbocycles. The van der Waals surface area contributed by atoms with Crippen LogP contribution in [0.5, 0.6) is 0 Å². The summed E-state index contributed by atoms with van der Waals surface area (Å²) in [6.45, 7) is 1.83. The minimum absolute atomic E-state index is 0.0160. The molecule has 1 aliphatic rings. The van der Waals surface area contributed by atoms with Gasteiger partial charge in [-0.2, -0.15) is 0 Å². The van der Waals surface area contributed by atoms with Gasteiger partial charge in [-0.15, -0.1) is 0 Å². The maximum atomic E-state index is 10.7. The number of aliphatic imine (C=N–C) groups is 1. The van der Waals surface area contributed by atoms with E-state index >= 15 is 0 Å². The van der Waals surface area contributed by atoms with Crippen LogP contribution in [0.3, 0.4) is 0 Å². The molecule has 54 valence electrons. The molecule has 1 unspecified atom stereocenters. The maximum absolute atomic E-state index is 10.7. The van der Waals surface area contributed by atoms with Gasteiger partial charge in [0.25, 0.3) is 5.91 Å². The molecule has 4 heteroatoms. The molecule has 1 amide bonds. The summed E-state index contributed by atoms with van der Waals surface area (Å²) in [4.78, 5) is 14.2. The second kappa shape index (κ2) is 2.13. The smallest absolute Gasteiger partial charge is 0.294 e. The summed E-state index contributed by atoms with van der Waals surface area (Å²) in [6, 6.07) is 0. The molecule has 0 aromatic rings. The minimum Gasteiger partial charge on any atom is -0.400 e. The van der Waals surface area contributed by atoms with Crippen molar-refractivity contribution in [2.45, 2.75) is 6.92 Å². The number of hydrogen-bond acceptors (Lipinski definition) is 3. The van der Waals surface area contributed by atoms with Crippen LogP contribution < -0.4 is 11.5 Å². The van der Waals surface area contributed by atoms with E-state index in [1.807, 2.05) is 6.92 Å². The maximum Gasteiger partial charge on any atom is 0.294 e. The van der Waals surface area contributed by atoms with Crippen molar-refractivity contribution in [1.29, 1.82) is 0 Å². The zero-order valence-electron chi connectivity index (χ0n) is 5.66. The molecule has 0 radical (unpaired) electrons. The van der Waals surface area contributed by atoms with E-state index in [4.69, 9.17) is 11.5 Å². The highest BCUT2D eigenvalue weighted by atomic mass is 16.1. The average molecular weight is 139 g/mol. The molecule has 4 N–H and O–H groups in total. The molecule has 1 heterocycles. The molecule has 10 heavy (non-hydrogen) atoms. The molecule has 1 rings (SSSR count). The fraction of sp³-hybridized carbons (Fsp3) is 0.333. The van der Waals surface area contributed by atoms with Crippen LogP contribution in [0.1, 0.15) is 6.92 Å². The Morgan fingerprint density at radius 2 is 2.20 bits per heavy atom. The van der Waals surface area contributed by atoms with Gasteiger partial charge in [-0.05, 0) is 0 Å². The van der Waals surface area contributed by atoms with Crippen molar-refractivity contribution >= 4 is 12.1 Å². The van der Waals surface area contributed by atoms with E-state index in [2.05, 4.69) is 4.99 Å². The molecule has 0 spiro atoms. The first-order valence-corrected chi connectivity index (χ1v) is 2.96. The van der Waals surface area contributed by atoms with Gasteiger partial charge in [0.1, 0.15) is 5.70 Å². The van der Waals surface area contributed by atoms with E-state index < -0.39 is 5.91 Å². The van der Waals surface area contributed by atoms with Gasteiger partial charge in [-0.3, -0.25) is 4.79 Å². The molecular weight excluding hydrogens is 130 g/mol. The summed E-state index contributed by atoms with van der Waals surface area (Å²) in [5, 5.41) is 0. The number of rotatable bonds is 0. The summed E-state index contributed by atoms with van der Waals surface area (Å²) in [6.07, 6.45) is 1.49. The fourth-order valence-corrected chi connectivity index (χ4v) is 0.698.